The van der Waals surface area contributed by atoms with Crippen LogP contribution in [0.2, 0.25) is 0 Å². The lowest BCUT2D eigenvalue weighted by molar-refractivity contribution is 0.288. The van der Waals surface area contributed by atoms with E-state index in [1.54, 1.807) is 0 Å². The van der Waals surface area contributed by atoms with E-state index in [0.29, 0.717) is 6.04 Å². The third-order valence-corrected chi connectivity index (χ3v) is 5.05. The van der Waals surface area contributed by atoms with Crippen LogP contribution in [0.5, 0.6) is 0 Å². The summed E-state index contributed by atoms with van der Waals surface area (Å²) in [6, 6.07) is 11.1. The number of fused-ring (bicyclic) bond motifs is 1. The minimum atomic E-state index is 0.626. The monoisotopic (exact) mass is 272 g/mol. The van der Waals surface area contributed by atoms with Crippen molar-refractivity contribution < 1.29 is 0 Å². The molecule has 3 atom stereocenters. The van der Waals surface area contributed by atoms with E-state index in [1.165, 1.54) is 56.3 Å². The fraction of sp³-hybridized carbons (Fsp3) is 0.667. The van der Waals surface area contributed by atoms with Gasteiger partial charge in [-0.05, 0) is 58.1 Å². The molecule has 0 aliphatic carbocycles. The van der Waals surface area contributed by atoms with E-state index in [9.17, 15) is 0 Å². The van der Waals surface area contributed by atoms with Crippen LogP contribution in [0, 0.1) is 6.92 Å². The molecule has 0 aromatic heterocycles. The van der Waals surface area contributed by atoms with E-state index in [4.69, 9.17) is 0 Å². The van der Waals surface area contributed by atoms with Crippen LogP contribution >= 0.6 is 0 Å². The zero-order chi connectivity index (χ0) is 13.9. The van der Waals surface area contributed by atoms with Crippen LogP contribution < -0.4 is 5.32 Å². The molecule has 2 aliphatic heterocycles. The van der Waals surface area contributed by atoms with Crippen molar-refractivity contribution >= 4 is 0 Å². The molecule has 2 aliphatic rings. The van der Waals surface area contributed by atoms with Crippen LogP contribution in [0.4, 0.5) is 0 Å². The summed E-state index contributed by atoms with van der Waals surface area (Å²) in [6.07, 6.45) is 6.59. The van der Waals surface area contributed by atoms with Crippen molar-refractivity contribution in [2.45, 2.75) is 64.1 Å². The number of benzene rings is 1. The Hall–Kier alpha value is -0.860. The highest BCUT2D eigenvalue weighted by Crippen LogP contribution is 2.28. The van der Waals surface area contributed by atoms with Crippen molar-refractivity contribution in [2.24, 2.45) is 0 Å². The second kappa shape index (κ2) is 6.28. The highest BCUT2D eigenvalue weighted by molar-refractivity contribution is 5.22. The Labute approximate surface area is 123 Å². The highest BCUT2D eigenvalue weighted by Gasteiger charge is 2.37. The summed E-state index contributed by atoms with van der Waals surface area (Å²) < 4.78 is 0. The molecule has 2 heterocycles. The summed E-state index contributed by atoms with van der Waals surface area (Å²) in [6.45, 7) is 7.18. The Morgan fingerprint density at radius 1 is 1.30 bits per heavy atom. The van der Waals surface area contributed by atoms with Gasteiger partial charge in [-0.25, -0.2) is 0 Å². The van der Waals surface area contributed by atoms with Crippen LogP contribution in [0.15, 0.2) is 24.3 Å². The van der Waals surface area contributed by atoms with Crippen LogP contribution in [-0.2, 0) is 6.42 Å². The molecule has 0 saturated carbocycles. The van der Waals surface area contributed by atoms with Gasteiger partial charge in [0.2, 0.25) is 0 Å². The van der Waals surface area contributed by atoms with E-state index in [0.717, 1.165) is 12.1 Å². The zero-order valence-electron chi connectivity index (χ0n) is 12.9. The van der Waals surface area contributed by atoms with Crippen LogP contribution in [0.25, 0.3) is 0 Å². The Bertz CT molecular complexity index is 443. The molecule has 3 rings (SSSR count). The highest BCUT2D eigenvalue weighted by atomic mass is 15.2. The van der Waals surface area contributed by atoms with E-state index in [-0.39, 0.29) is 0 Å². The van der Waals surface area contributed by atoms with Crippen molar-refractivity contribution in [1.82, 2.24) is 10.2 Å². The first kappa shape index (κ1) is 14.1. The lowest BCUT2D eigenvalue weighted by Gasteiger charge is -2.25. The summed E-state index contributed by atoms with van der Waals surface area (Å²) >= 11 is 0. The molecule has 3 unspecified atom stereocenters. The third-order valence-electron chi connectivity index (χ3n) is 5.05. The topological polar surface area (TPSA) is 15.3 Å². The molecule has 110 valence electrons. The number of hydrogen-bond donors (Lipinski definition) is 1. The average Bonchev–Trinajstić information content (AvgIpc) is 3.02. The van der Waals surface area contributed by atoms with E-state index in [2.05, 4.69) is 48.3 Å². The van der Waals surface area contributed by atoms with Gasteiger partial charge >= 0.3 is 0 Å². The molecule has 20 heavy (non-hydrogen) atoms. The van der Waals surface area contributed by atoms with Gasteiger partial charge < -0.3 is 5.32 Å². The molecule has 0 spiro atoms. The van der Waals surface area contributed by atoms with Crippen molar-refractivity contribution in [3.63, 3.8) is 0 Å². The zero-order valence-corrected chi connectivity index (χ0v) is 12.9. The molecule has 1 N–H and O–H groups in total. The number of nitrogens with one attached hydrogen (secondary N) is 1. The minimum absolute atomic E-state index is 0.626. The largest absolute Gasteiger partial charge is 0.310 e. The van der Waals surface area contributed by atoms with Crippen LogP contribution in [-0.4, -0.2) is 36.1 Å². The first-order chi connectivity index (χ1) is 9.72. The minimum Gasteiger partial charge on any atom is -0.310 e. The summed E-state index contributed by atoms with van der Waals surface area (Å²) in [5.74, 6) is 0. The summed E-state index contributed by atoms with van der Waals surface area (Å²) in [7, 11) is 0. The predicted molar refractivity (Wildman–Crippen MR) is 85.1 cm³/mol. The molecule has 2 nitrogen and oxygen atoms in total. The Kier molecular flexibility index (Phi) is 4.42. The molecule has 2 fully saturated rings. The summed E-state index contributed by atoms with van der Waals surface area (Å²) in [5.41, 5.74) is 2.85. The molecule has 1 aromatic carbocycles. The second-order valence-corrected chi connectivity index (χ2v) is 6.74. The van der Waals surface area contributed by atoms with Crippen molar-refractivity contribution in [3.05, 3.63) is 35.4 Å². The lowest BCUT2D eigenvalue weighted by atomic mass is 10.0. The molecule has 0 radical (unpaired) electrons. The van der Waals surface area contributed by atoms with Gasteiger partial charge in [-0.15, -0.1) is 0 Å². The Balaban J connectivity index is 1.46. The standard InChI is InChI=1S/C18H28N2/c1-14-5-3-6-16(13-14)9-8-15(2)19-17-10-12-20-11-4-7-18(17)20/h3,5-6,13,15,17-19H,4,7-12H2,1-2H3. The lowest BCUT2D eigenvalue weighted by Crippen LogP contribution is -2.43. The van der Waals surface area contributed by atoms with Gasteiger partial charge in [-0.3, -0.25) is 4.90 Å². The molecular weight excluding hydrogens is 244 g/mol. The van der Waals surface area contributed by atoms with Gasteiger partial charge in [0, 0.05) is 24.7 Å². The smallest absolute Gasteiger partial charge is 0.0250 e. The molecule has 2 heteroatoms. The van der Waals surface area contributed by atoms with Gasteiger partial charge in [0.15, 0.2) is 0 Å². The quantitative estimate of drug-likeness (QED) is 0.886. The Morgan fingerprint density at radius 2 is 2.20 bits per heavy atom. The first-order valence-electron chi connectivity index (χ1n) is 8.28. The summed E-state index contributed by atoms with van der Waals surface area (Å²) in [4.78, 5) is 2.69. The fourth-order valence-corrected chi connectivity index (χ4v) is 3.98. The molecular formula is C18H28N2. The molecule has 0 bridgehead atoms. The van der Waals surface area contributed by atoms with Crippen LogP contribution in [0.3, 0.4) is 0 Å². The van der Waals surface area contributed by atoms with Crippen LogP contribution in [0.1, 0.15) is 43.7 Å². The fourth-order valence-electron chi connectivity index (χ4n) is 3.98. The van der Waals surface area contributed by atoms with E-state index < -0.39 is 0 Å². The first-order valence-corrected chi connectivity index (χ1v) is 8.28. The van der Waals surface area contributed by atoms with E-state index >= 15 is 0 Å². The average molecular weight is 272 g/mol. The number of rotatable bonds is 5. The number of hydrogen-bond acceptors (Lipinski definition) is 2. The van der Waals surface area contributed by atoms with Crippen molar-refractivity contribution in [2.75, 3.05) is 13.1 Å². The van der Waals surface area contributed by atoms with Gasteiger partial charge in [-0.2, -0.15) is 0 Å². The second-order valence-electron chi connectivity index (χ2n) is 6.74. The van der Waals surface area contributed by atoms with Gasteiger partial charge in [0.1, 0.15) is 0 Å². The molecule has 1 aromatic rings. The Morgan fingerprint density at radius 3 is 3.05 bits per heavy atom. The predicted octanol–water partition coefficient (Wildman–Crippen LogP) is 3.14. The normalized spacial score (nSPS) is 27.7. The summed E-state index contributed by atoms with van der Waals surface area (Å²) in [5, 5.41) is 3.89. The third kappa shape index (κ3) is 3.24. The van der Waals surface area contributed by atoms with Gasteiger partial charge in [0.05, 0.1) is 0 Å². The number of nitrogens with zero attached hydrogens (tertiary/aromatic N) is 1. The number of aryl methyl sites for hydroxylation is 2. The van der Waals surface area contributed by atoms with Crippen molar-refractivity contribution in [1.29, 1.82) is 0 Å². The van der Waals surface area contributed by atoms with Crippen molar-refractivity contribution in [3.8, 4) is 0 Å². The van der Waals surface area contributed by atoms with Gasteiger partial charge in [-0.1, -0.05) is 29.8 Å². The molecule has 2 saturated heterocycles. The maximum Gasteiger partial charge on any atom is 0.0250 e. The van der Waals surface area contributed by atoms with Gasteiger partial charge in [0.25, 0.3) is 0 Å². The maximum atomic E-state index is 3.89. The maximum absolute atomic E-state index is 3.89. The SMILES string of the molecule is Cc1cccc(CCC(C)NC2CCN3CCCC23)c1. The molecule has 0 amide bonds. The van der Waals surface area contributed by atoms with E-state index in [1.807, 2.05) is 0 Å².